The lowest BCUT2D eigenvalue weighted by atomic mass is 10.0. The van der Waals surface area contributed by atoms with Gasteiger partial charge in [0.2, 0.25) is 0 Å². The molecule has 200 valence electrons. The molecule has 0 aliphatic rings. The lowest BCUT2D eigenvalue weighted by Gasteiger charge is -2.05. The lowest BCUT2D eigenvalue weighted by molar-refractivity contribution is 0.480. The van der Waals surface area contributed by atoms with E-state index in [1.807, 2.05) is 39.0 Å². The van der Waals surface area contributed by atoms with E-state index in [0.717, 1.165) is 12.3 Å². The van der Waals surface area contributed by atoms with Gasteiger partial charge >= 0.3 is 0 Å². The Hall–Kier alpha value is -2.60. The zero-order chi connectivity index (χ0) is 27.8. The number of benzene rings is 2. The summed E-state index contributed by atoms with van der Waals surface area (Å²) in [6.07, 6.45) is 16.8. The van der Waals surface area contributed by atoms with Gasteiger partial charge in [-0.05, 0) is 67.9 Å². The molecule has 36 heavy (non-hydrogen) atoms. The van der Waals surface area contributed by atoms with Gasteiger partial charge < -0.3 is 0 Å². The van der Waals surface area contributed by atoms with Crippen molar-refractivity contribution in [3.05, 3.63) is 107 Å². The van der Waals surface area contributed by atoms with Crippen LogP contribution in [0.1, 0.15) is 110 Å². The van der Waals surface area contributed by atoms with Crippen molar-refractivity contribution < 1.29 is 0 Å². The van der Waals surface area contributed by atoms with Crippen LogP contribution in [0.2, 0.25) is 0 Å². The Morgan fingerprint density at radius 2 is 1.53 bits per heavy atom. The molecule has 0 aromatic heterocycles. The average molecular weight is 489 g/mol. The fourth-order valence-electron chi connectivity index (χ4n) is 3.74. The van der Waals surface area contributed by atoms with Crippen molar-refractivity contribution in [3.8, 4) is 0 Å². The molecule has 0 aliphatic heterocycles. The van der Waals surface area contributed by atoms with E-state index in [0.29, 0.717) is 0 Å². The molecule has 0 aliphatic carbocycles. The molecule has 0 amide bonds. The van der Waals surface area contributed by atoms with Gasteiger partial charge in [-0.25, -0.2) is 0 Å². The molecule has 0 radical (unpaired) electrons. The minimum absolute atomic E-state index is 0.963. The smallest absolute Gasteiger partial charge is 0.0225 e. The van der Waals surface area contributed by atoms with Gasteiger partial charge in [0.05, 0.1) is 0 Å². The normalized spacial score (nSPS) is 11.1. The molecular formula is C36H56. The fourth-order valence-corrected chi connectivity index (χ4v) is 3.74. The van der Waals surface area contributed by atoms with Crippen LogP contribution in [0.25, 0.3) is 11.6 Å². The number of rotatable bonds is 9. The van der Waals surface area contributed by atoms with Gasteiger partial charge in [0.15, 0.2) is 0 Å². The summed E-state index contributed by atoms with van der Waals surface area (Å²) in [5, 5.41) is 0. The zero-order valence-corrected chi connectivity index (χ0v) is 25.3. The molecule has 2 rings (SSSR count). The van der Waals surface area contributed by atoms with E-state index in [4.69, 9.17) is 0 Å². The predicted molar refractivity (Wildman–Crippen MR) is 170 cm³/mol. The first kappa shape index (κ1) is 35.6. The summed E-state index contributed by atoms with van der Waals surface area (Å²) in [5.41, 5.74) is 7.86. The van der Waals surface area contributed by atoms with Crippen LogP contribution in [0.15, 0.2) is 85.0 Å². The summed E-state index contributed by atoms with van der Waals surface area (Å²) in [5.74, 6) is 0.963. The van der Waals surface area contributed by atoms with E-state index in [9.17, 15) is 0 Å². The zero-order valence-electron chi connectivity index (χ0n) is 25.3. The SMILES string of the molecule is C/C(=C\c1ccccc1C)c1cccc(C)c1.C=C/C=C(\C=C/C)CC.CC.CCCC(C)CCC. The molecule has 0 saturated heterocycles. The molecule has 0 atom stereocenters. The first-order chi connectivity index (χ1) is 17.3. The van der Waals surface area contributed by atoms with Crippen LogP contribution < -0.4 is 0 Å². The summed E-state index contributed by atoms with van der Waals surface area (Å²) >= 11 is 0. The van der Waals surface area contributed by atoms with Gasteiger partial charge in [-0.1, -0.05) is 158 Å². The Morgan fingerprint density at radius 3 is 2.00 bits per heavy atom. The maximum Gasteiger partial charge on any atom is -0.0225 e. The first-order valence-electron chi connectivity index (χ1n) is 14.1. The Balaban J connectivity index is 0. The first-order valence-corrected chi connectivity index (χ1v) is 14.1. The molecule has 0 unspecified atom stereocenters. The highest BCUT2D eigenvalue weighted by atomic mass is 14.0. The average Bonchev–Trinajstić information content (AvgIpc) is 2.87. The van der Waals surface area contributed by atoms with E-state index in [-0.39, 0.29) is 0 Å². The molecule has 0 heteroatoms. The predicted octanol–water partition coefficient (Wildman–Crippen LogP) is 12.2. The largest absolute Gasteiger partial charge is 0.0991 e. The van der Waals surface area contributed by atoms with E-state index in [1.165, 1.54) is 59.1 Å². The lowest BCUT2D eigenvalue weighted by Crippen LogP contribution is -1.91. The summed E-state index contributed by atoms with van der Waals surface area (Å²) in [7, 11) is 0. The molecule has 0 heterocycles. The highest BCUT2D eigenvalue weighted by molar-refractivity contribution is 5.81. The molecule has 2 aromatic carbocycles. The molecule has 0 N–H and O–H groups in total. The van der Waals surface area contributed by atoms with Crippen molar-refractivity contribution in [1.29, 1.82) is 0 Å². The molecule has 2 aromatic rings. The van der Waals surface area contributed by atoms with Gasteiger partial charge in [0, 0.05) is 0 Å². The van der Waals surface area contributed by atoms with Gasteiger partial charge in [0.25, 0.3) is 0 Å². The van der Waals surface area contributed by atoms with Gasteiger partial charge in [-0.15, -0.1) is 0 Å². The Morgan fingerprint density at radius 1 is 0.917 bits per heavy atom. The highest BCUT2D eigenvalue weighted by Crippen LogP contribution is 2.20. The van der Waals surface area contributed by atoms with Crippen LogP contribution in [0.3, 0.4) is 0 Å². The molecule has 0 saturated carbocycles. The third-order valence-corrected chi connectivity index (χ3v) is 5.72. The van der Waals surface area contributed by atoms with Crippen molar-refractivity contribution in [1.82, 2.24) is 0 Å². The van der Waals surface area contributed by atoms with Crippen LogP contribution in [0.4, 0.5) is 0 Å². The molecule has 0 fully saturated rings. The Bertz CT molecular complexity index is 886. The van der Waals surface area contributed by atoms with Crippen LogP contribution >= 0.6 is 0 Å². The molecule has 0 bridgehead atoms. The van der Waals surface area contributed by atoms with Gasteiger partial charge in [-0.3, -0.25) is 0 Å². The van der Waals surface area contributed by atoms with E-state index < -0.39 is 0 Å². The van der Waals surface area contributed by atoms with Crippen molar-refractivity contribution in [3.63, 3.8) is 0 Å². The highest BCUT2D eigenvalue weighted by Gasteiger charge is 1.98. The number of hydrogen-bond acceptors (Lipinski definition) is 0. The van der Waals surface area contributed by atoms with Crippen LogP contribution in [0.5, 0.6) is 0 Å². The van der Waals surface area contributed by atoms with E-state index in [2.05, 4.69) is 116 Å². The standard InChI is InChI=1S/C17H18.C9H14.C8H18.C2H6/c1-13-7-6-10-16(11-13)15(3)12-17-9-5-4-8-14(17)2;1-4-7-9(6-3)8-5-2;1-4-6-8(3)7-5-2;1-2/h4-12H,1-3H3;4-5,7-8H,1,6H2,2-3H3;8H,4-7H2,1-3H3;1-2H3/b15-12+;8-5-,9-7-;;. The maximum atomic E-state index is 3.62. The molecule has 0 spiro atoms. The Labute approximate surface area is 226 Å². The van der Waals surface area contributed by atoms with E-state index >= 15 is 0 Å². The summed E-state index contributed by atoms with van der Waals surface area (Å²) < 4.78 is 0. The third kappa shape index (κ3) is 17.8. The van der Waals surface area contributed by atoms with Crippen molar-refractivity contribution >= 4 is 11.6 Å². The quantitative estimate of drug-likeness (QED) is 0.243. The van der Waals surface area contributed by atoms with Crippen molar-refractivity contribution in [2.24, 2.45) is 5.92 Å². The summed E-state index contributed by atoms with van der Waals surface area (Å²) in [6.45, 7) is 25.1. The number of hydrogen-bond donors (Lipinski definition) is 0. The third-order valence-electron chi connectivity index (χ3n) is 5.72. The number of allylic oxidation sites excluding steroid dienone is 6. The number of aryl methyl sites for hydroxylation is 2. The minimum atomic E-state index is 0.963. The van der Waals surface area contributed by atoms with Crippen molar-refractivity contribution in [2.45, 2.75) is 101 Å². The van der Waals surface area contributed by atoms with Crippen LogP contribution in [0, 0.1) is 19.8 Å². The second-order valence-electron chi connectivity index (χ2n) is 9.07. The fraction of sp³-hybridized carbons (Fsp3) is 0.444. The minimum Gasteiger partial charge on any atom is -0.0991 e. The van der Waals surface area contributed by atoms with E-state index in [1.54, 1.807) is 0 Å². The Kier molecular flexibility index (Phi) is 23.8. The maximum absolute atomic E-state index is 3.62. The van der Waals surface area contributed by atoms with Gasteiger partial charge in [-0.2, -0.15) is 0 Å². The second-order valence-corrected chi connectivity index (χ2v) is 9.07. The summed E-state index contributed by atoms with van der Waals surface area (Å²) in [4.78, 5) is 0. The van der Waals surface area contributed by atoms with Crippen LogP contribution in [-0.2, 0) is 0 Å². The topological polar surface area (TPSA) is 0 Å². The second kappa shape index (κ2) is 24.1. The van der Waals surface area contributed by atoms with Gasteiger partial charge in [0.1, 0.15) is 0 Å². The summed E-state index contributed by atoms with van der Waals surface area (Å²) in [6, 6.07) is 17.1. The van der Waals surface area contributed by atoms with Crippen LogP contribution in [-0.4, -0.2) is 0 Å². The molecule has 0 nitrogen and oxygen atoms in total. The van der Waals surface area contributed by atoms with Crippen molar-refractivity contribution in [2.75, 3.05) is 0 Å². The monoisotopic (exact) mass is 488 g/mol. The molecular weight excluding hydrogens is 432 g/mol.